The second-order valence-electron chi connectivity index (χ2n) is 9.05. The third-order valence-electron chi connectivity index (χ3n) is 6.15. The Morgan fingerprint density at radius 1 is 1.24 bits per heavy atom. The molecule has 1 aliphatic carbocycles. The molecule has 7 nitrogen and oxygen atoms in total. The van der Waals surface area contributed by atoms with Crippen LogP contribution in [0.15, 0.2) is 28.8 Å². The van der Waals surface area contributed by atoms with Gasteiger partial charge in [-0.2, -0.15) is 0 Å². The number of aromatic nitrogens is 3. The van der Waals surface area contributed by atoms with Gasteiger partial charge in [-0.25, -0.2) is 18.7 Å². The molecule has 1 saturated carbocycles. The molecule has 34 heavy (non-hydrogen) atoms. The number of likely N-dealkylation sites (N-methyl/N-ethyl adjacent to an activating group) is 1. The summed E-state index contributed by atoms with van der Waals surface area (Å²) in [6.45, 7) is 6.16. The molecular formula is C25H30F2N4O3. The zero-order chi connectivity index (χ0) is 24.5. The molecular weight excluding hydrogens is 442 g/mol. The Morgan fingerprint density at radius 3 is 2.65 bits per heavy atom. The van der Waals surface area contributed by atoms with Crippen molar-refractivity contribution in [2.24, 2.45) is 5.92 Å². The number of ether oxygens (including phenoxy) is 1. The second-order valence-corrected chi connectivity index (χ2v) is 9.05. The number of halogens is 2. The van der Waals surface area contributed by atoms with E-state index in [-0.39, 0.29) is 25.4 Å². The van der Waals surface area contributed by atoms with Crippen molar-refractivity contribution in [1.82, 2.24) is 20.4 Å². The molecule has 0 aliphatic heterocycles. The normalized spacial score (nSPS) is 16.3. The quantitative estimate of drug-likeness (QED) is 0.480. The zero-order valence-electron chi connectivity index (χ0n) is 19.9. The van der Waals surface area contributed by atoms with E-state index in [9.17, 15) is 13.9 Å². The molecule has 2 aromatic heterocycles. The Kier molecular flexibility index (Phi) is 6.95. The highest BCUT2D eigenvalue weighted by molar-refractivity contribution is 5.71. The molecule has 0 bridgehead atoms. The maximum Gasteiger partial charge on any atom is 0.248 e. The van der Waals surface area contributed by atoms with Crippen LogP contribution >= 0.6 is 0 Å². The van der Waals surface area contributed by atoms with Gasteiger partial charge in [0.1, 0.15) is 24.2 Å². The molecule has 3 aromatic rings. The number of nitrogens with zero attached hydrogens (tertiary/aromatic N) is 3. The predicted molar refractivity (Wildman–Crippen MR) is 124 cm³/mol. The topological polar surface area (TPSA) is 93.3 Å². The molecule has 1 aliphatic rings. The fraction of sp³-hybridized carbons (Fsp3) is 0.480. The summed E-state index contributed by atoms with van der Waals surface area (Å²) in [7, 11) is 1.76. The average Bonchev–Trinajstić information content (AvgIpc) is 3.11. The minimum Gasteiger partial charge on any atom is -0.491 e. The SMILES string of the molecule is CNCC(O)COc1cccc(-c2nc(CC3CC(F)(F)C3)c(C)c(-c3c(C)noc3C)n2)c1. The van der Waals surface area contributed by atoms with Crippen LogP contribution in [-0.4, -0.2) is 52.5 Å². The molecule has 4 rings (SSSR count). The maximum absolute atomic E-state index is 13.5. The van der Waals surface area contributed by atoms with Crippen LogP contribution < -0.4 is 10.1 Å². The Labute approximate surface area is 197 Å². The third kappa shape index (κ3) is 5.26. The van der Waals surface area contributed by atoms with Gasteiger partial charge in [0.05, 0.1) is 17.0 Å². The van der Waals surface area contributed by atoms with Gasteiger partial charge in [-0.15, -0.1) is 0 Å². The van der Waals surface area contributed by atoms with E-state index < -0.39 is 12.0 Å². The summed E-state index contributed by atoms with van der Waals surface area (Å²) in [4.78, 5) is 9.62. The van der Waals surface area contributed by atoms with E-state index in [1.54, 1.807) is 13.1 Å². The molecule has 0 saturated heterocycles. The van der Waals surface area contributed by atoms with Crippen LogP contribution in [0, 0.1) is 26.7 Å². The number of aliphatic hydroxyl groups excluding tert-OH is 1. The first-order valence-electron chi connectivity index (χ1n) is 11.4. The smallest absolute Gasteiger partial charge is 0.248 e. The molecule has 2 heterocycles. The molecule has 1 fully saturated rings. The van der Waals surface area contributed by atoms with E-state index in [0.717, 1.165) is 22.4 Å². The first-order valence-corrected chi connectivity index (χ1v) is 11.4. The Balaban J connectivity index is 1.70. The van der Waals surface area contributed by atoms with Gasteiger partial charge in [0, 0.05) is 30.6 Å². The van der Waals surface area contributed by atoms with Gasteiger partial charge in [0.25, 0.3) is 0 Å². The highest BCUT2D eigenvalue weighted by Crippen LogP contribution is 2.44. The van der Waals surface area contributed by atoms with E-state index in [0.29, 0.717) is 41.7 Å². The van der Waals surface area contributed by atoms with Gasteiger partial charge in [-0.1, -0.05) is 17.3 Å². The molecule has 9 heteroatoms. The van der Waals surface area contributed by atoms with Gasteiger partial charge in [0.2, 0.25) is 5.92 Å². The predicted octanol–water partition coefficient (Wildman–Crippen LogP) is 4.27. The van der Waals surface area contributed by atoms with Gasteiger partial charge in [-0.3, -0.25) is 0 Å². The summed E-state index contributed by atoms with van der Waals surface area (Å²) < 4.78 is 38.1. The van der Waals surface area contributed by atoms with Gasteiger partial charge in [0.15, 0.2) is 5.82 Å². The summed E-state index contributed by atoms with van der Waals surface area (Å²) in [6, 6.07) is 7.32. The van der Waals surface area contributed by atoms with E-state index in [4.69, 9.17) is 19.2 Å². The van der Waals surface area contributed by atoms with Crippen molar-refractivity contribution >= 4 is 0 Å². The minimum absolute atomic E-state index is 0.114. The Hall–Kier alpha value is -2.91. The second kappa shape index (κ2) is 9.76. The maximum atomic E-state index is 13.5. The number of hydrogen-bond donors (Lipinski definition) is 2. The number of alkyl halides is 2. The van der Waals surface area contributed by atoms with Gasteiger partial charge < -0.3 is 19.7 Å². The highest BCUT2D eigenvalue weighted by Gasteiger charge is 2.45. The van der Waals surface area contributed by atoms with Crippen LogP contribution in [-0.2, 0) is 6.42 Å². The lowest BCUT2D eigenvalue weighted by atomic mass is 9.78. The monoisotopic (exact) mass is 472 g/mol. The summed E-state index contributed by atoms with van der Waals surface area (Å²) >= 11 is 0. The first-order chi connectivity index (χ1) is 16.2. The fourth-order valence-electron chi connectivity index (χ4n) is 4.37. The number of aliphatic hydroxyl groups is 1. The third-order valence-corrected chi connectivity index (χ3v) is 6.15. The van der Waals surface area contributed by atoms with Crippen molar-refractivity contribution < 1.29 is 23.1 Å². The van der Waals surface area contributed by atoms with Crippen molar-refractivity contribution in [3.8, 4) is 28.4 Å². The van der Waals surface area contributed by atoms with Crippen LogP contribution in [0.25, 0.3) is 22.6 Å². The van der Waals surface area contributed by atoms with Crippen molar-refractivity contribution in [1.29, 1.82) is 0 Å². The summed E-state index contributed by atoms with van der Waals surface area (Å²) in [6.07, 6.45) is -0.419. The van der Waals surface area contributed by atoms with Crippen LogP contribution in [0.1, 0.15) is 35.6 Å². The number of nitrogens with one attached hydrogen (secondary N) is 1. The van der Waals surface area contributed by atoms with Crippen molar-refractivity contribution in [2.75, 3.05) is 20.2 Å². The summed E-state index contributed by atoms with van der Waals surface area (Å²) in [5.41, 5.74) is 4.52. The molecule has 0 radical (unpaired) electrons. The van der Waals surface area contributed by atoms with E-state index >= 15 is 0 Å². The molecule has 1 aromatic carbocycles. The van der Waals surface area contributed by atoms with Crippen LogP contribution in [0.4, 0.5) is 8.78 Å². The van der Waals surface area contributed by atoms with E-state index in [2.05, 4.69) is 10.5 Å². The Morgan fingerprint density at radius 2 is 2.00 bits per heavy atom. The zero-order valence-corrected chi connectivity index (χ0v) is 19.9. The van der Waals surface area contributed by atoms with Crippen molar-refractivity contribution in [2.45, 2.75) is 52.1 Å². The number of benzene rings is 1. The van der Waals surface area contributed by atoms with Crippen LogP contribution in [0.3, 0.4) is 0 Å². The average molecular weight is 473 g/mol. The lowest BCUT2D eigenvalue weighted by molar-refractivity contribution is -0.110. The first kappa shape index (κ1) is 24.2. The standard InChI is InChI=1S/C25H30F2N4O3/c1-14-21(8-17-10-25(26,27)11-17)29-24(30-23(14)22-15(2)31-34-16(22)3)18-6-5-7-20(9-18)33-13-19(32)12-28-4/h5-7,9,17,19,28,32H,8,10-13H2,1-4H3. The highest BCUT2D eigenvalue weighted by atomic mass is 19.3. The van der Waals surface area contributed by atoms with E-state index in [1.807, 2.05) is 39.0 Å². The lowest BCUT2D eigenvalue weighted by Gasteiger charge is -2.35. The van der Waals surface area contributed by atoms with Gasteiger partial charge in [-0.05, 0) is 57.9 Å². The van der Waals surface area contributed by atoms with Crippen LogP contribution in [0.2, 0.25) is 0 Å². The fourth-order valence-corrected chi connectivity index (χ4v) is 4.37. The van der Waals surface area contributed by atoms with Crippen molar-refractivity contribution in [3.05, 3.63) is 47.0 Å². The largest absolute Gasteiger partial charge is 0.491 e. The molecule has 0 spiro atoms. The molecule has 1 unspecified atom stereocenters. The number of aryl methyl sites for hydroxylation is 2. The summed E-state index contributed by atoms with van der Waals surface area (Å²) in [5, 5.41) is 16.9. The number of hydrogen-bond acceptors (Lipinski definition) is 7. The molecule has 2 N–H and O–H groups in total. The minimum atomic E-state index is -2.58. The van der Waals surface area contributed by atoms with Crippen molar-refractivity contribution in [3.63, 3.8) is 0 Å². The van der Waals surface area contributed by atoms with Crippen LogP contribution in [0.5, 0.6) is 5.75 Å². The molecule has 0 amide bonds. The Bertz CT molecular complexity index is 1140. The number of rotatable bonds is 9. The molecule has 1 atom stereocenters. The molecule has 182 valence electrons. The lowest BCUT2D eigenvalue weighted by Crippen LogP contribution is -2.36. The summed E-state index contributed by atoms with van der Waals surface area (Å²) in [5.74, 6) is -0.999. The van der Waals surface area contributed by atoms with E-state index in [1.165, 1.54) is 0 Å². The van der Waals surface area contributed by atoms with Gasteiger partial charge >= 0.3 is 0 Å².